The summed E-state index contributed by atoms with van der Waals surface area (Å²) < 4.78 is 29.0. The molecule has 0 aliphatic rings. The molecule has 0 heterocycles. The first-order valence-electron chi connectivity index (χ1n) is 9.48. The van der Waals surface area contributed by atoms with E-state index >= 15 is 0 Å². The highest BCUT2D eigenvalue weighted by Gasteiger charge is 2.12. The zero-order valence-electron chi connectivity index (χ0n) is 16.4. The number of ether oxygens (including phenoxy) is 1. The van der Waals surface area contributed by atoms with Crippen LogP contribution in [0.15, 0.2) is 83.8 Å². The molecule has 5 nitrogen and oxygen atoms in total. The normalized spacial score (nSPS) is 12.6. The second kappa shape index (κ2) is 9.80. The van der Waals surface area contributed by atoms with Crippen LogP contribution in [0.2, 0.25) is 0 Å². The number of hydrogen-bond acceptors (Lipinski definition) is 4. The van der Waals surface area contributed by atoms with Gasteiger partial charge in [0.2, 0.25) is 10.0 Å². The number of hydrogen-bond donors (Lipinski definition) is 2. The molecule has 3 rings (SSSR count). The first-order chi connectivity index (χ1) is 13.9. The fraction of sp³-hybridized carbons (Fsp3) is 0.217. The molecule has 3 aromatic carbocycles. The third-order valence-electron chi connectivity index (χ3n) is 4.77. The molecule has 0 spiro atoms. The van der Waals surface area contributed by atoms with E-state index in [9.17, 15) is 8.42 Å². The third kappa shape index (κ3) is 6.24. The highest BCUT2D eigenvalue weighted by atomic mass is 32.2. The van der Waals surface area contributed by atoms with Crippen LogP contribution >= 0.6 is 0 Å². The summed E-state index contributed by atoms with van der Waals surface area (Å²) in [4.78, 5) is 0.123. The molecule has 6 heteroatoms. The van der Waals surface area contributed by atoms with Gasteiger partial charge in [-0.15, -0.1) is 0 Å². The van der Waals surface area contributed by atoms with E-state index in [-0.39, 0.29) is 10.9 Å². The van der Waals surface area contributed by atoms with E-state index in [2.05, 4.69) is 17.4 Å². The van der Waals surface area contributed by atoms with Crippen LogP contribution in [0.1, 0.15) is 35.2 Å². The number of rotatable bonds is 9. The molecular weight excluding hydrogens is 384 g/mol. The Balaban J connectivity index is 1.61. The molecule has 0 radical (unpaired) electrons. The molecule has 1 atom stereocenters. The first kappa shape index (κ1) is 21.2. The Morgan fingerprint density at radius 1 is 0.897 bits per heavy atom. The van der Waals surface area contributed by atoms with Crippen LogP contribution < -0.4 is 10.5 Å². The minimum atomic E-state index is -3.71. The predicted octanol–water partition coefficient (Wildman–Crippen LogP) is 3.90. The second-order valence-electron chi connectivity index (χ2n) is 6.97. The Bertz CT molecular complexity index is 1040. The minimum Gasteiger partial charge on any atom is -0.372 e. The summed E-state index contributed by atoms with van der Waals surface area (Å²) in [5.41, 5.74) is 4.29. The van der Waals surface area contributed by atoms with Crippen LogP contribution in [0.4, 0.5) is 0 Å². The average molecular weight is 411 g/mol. The molecule has 3 N–H and O–H groups in total. The van der Waals surface area contributed by atoms with Crippen LogP contribution in [0.25, 0.3) is 0 Å². The highest BCUT2D eigenvalue weighted by molar-refractivity contribution is 7.89. The molecule has 0 aromatic heterocycles. The number of sulfonamides is 1. The maximum atomic E-state index is 11.6. The van der Waals surface area contributed by atoms with Crippen LogP contribution in [0, 0.1) is 0 Å². The van der Waals surface area contributed by atoms with Gasteiger partial charge in [0.1, 0.15) is 0 Å². The van der Waals surface area contributed by atoms with E-state index in [0.717, 1.165) is 22.3 Å². The lowest BCUT2D eigenvalue weighted by Gasteiger charge is -2.17. The molecule has 0 fully saturated rings. The van der Waals surface area contributed by atoms with E-state index in [1.165, 1.54) is 6.07 Å². The van der Waals surface area contributed by atoms with E-state index in [1.807, 2.05) is 55.5 Å². The van der Waals surface area contributed by atoms with Crippen molar-refractivity contribution in [2.24, 2.45) is 5.14 Å². The van der Waals surface area contributed by atoms with E-state index in [1.54, 1.807) is 12.1 Å². The van der Waals surface area contributed by atoms with Crippen LogP contribution in [0.5, 0.6) is 0 Å². The number of primary sulfonamides is 1. The van der Waals surface area contributed by atoms with E-state index in [0.29, 0.717) is 19.8 Å². The molecule has 0 bridgehead atoms. The molecule has 152 valence electrons. The third-order valence-corrected chi connectivity index (χ3v) is 5.68. The SMILES string of the molecule is CC(NCc1ccccc1COCc1ccccc1)c1cccc(S(N)(=O)=O)c1. The molecule has 29 heavy (non-hydrogen) atoms. The van der Waals surface area contributed by atoms with Gasteiger partial charge in [-0.3, -0.25) is 0 Å². The molecule has 0 aliphatic carbocycles. The summed E-state index contributed by atoms with van der Waals surface area (Å²) >= 11 is 0. The summed E-state index contributed by atoms with van der Waals surface area (Å²) in [7, 11) is -3.71. The summed E-state index contributed by atoms with van der Waals surface area (Å²) in [5.74, 6) is 0. The molecular formula is C23H26N2O3S. The lowest BCUT2D eigenvalue weighted by molar-refractivity contribution is 0.106. The summed E-state index contributed by atoms with van der Waals surface area (Å²) in [5, 5.41) is 8.69. The van der Waals surface area contributed by atoms with E-state index < -0.39 is 10.0 Å². The van der Waals surface area contributed by atoms with Crippen LogP contribution in [-0.2, 0) is 34.5 Å². The van der Waals surface area contributed by atoms with Crippen molar-refractivity contribution in [3.63, 3.8) is 0 Å². The maximum absolute atomic E-state index is 11.6. The van der Waals surface area contributed by atoms with Crippen molar-refractivity contribution >= 4 is 10.0 Å². The summed E-state index contributed by atoms with van der Waals surface area (Å²) in [6.07, 6.45) is 0. The van der Waals surface area contributed by atoms with Gasteiger partial charge in [0.25, 0.3) is 0 Å². The fourth-order valence-corrected chi connectivity index (χ4v) is 3.63. The Labute approximate surface area is 172 Å². The van der Waals surface area contributed by atoms with Gasteiger partial charge in [-0.25, -0.2) is 13.6 Å². The van der Waals surface area contributed by atoms with Gasteiger partial charge < -0.3 is 10.1 Å². The van der Waals surface area contributed by atoms with Gasteiger partial charge in [0.05, 0.1) is 18.1 Å². The first-order valence-corrected chi connectivity index (χ1v) is 11.0. The van der Waals surface area contributed by atoms with Crippen molar-refractivity contribution in [1.29, 1.82) is 0 Å². The van der Waals surface area contributed by atoms with Crippen molar-refractivity contribution < 1.29 is 13.2 Å². The van der Waals surface area contributed by atoms with Crippen LogP contribution in [-0.4, -0.2) is 8.42 Å². The van der Waals surface area contributed by atoms with Gasteiger partial charge in [0.15, 0.2) is 0 Å². The van der Waals surface area contributed by atoms with Gasteiger partial charge in [-0.05, 0) is 41.3 Å². The maximum Gasteiger partial charge on any atom is 0.238 e. The molecule has 1 unspecified atom stereocenters. The molecule has 0 aliphatic heterocycles. The topological polar surface area (TPSA) is 81.4 Å². The second-order valence-corrected chi connectivity index (χ2v) is 8.53. The zero-order chi connectivity index (χ0) is 20.7. The minimum absolute atomic E-state index is 0.0324. The Morgan fingerprint density at radius 3 is 2.31 bits per heavy atom. The molecule has 0 saturated carbocycles. The quantitative estimate of drug-likeness (QED) is 0.561. The fourth-order valence-electron chi connectivity index (χ4n) is 3.07. The van der Waals surface area contributed by atoms with Crippen molar-refractivity contribution in [3.8, 4) is 0 Å². The standard InChI is InChI=1S/C23H26N2O3S/c1-18(20-12-7-13-23(14-20)29(24,26)27)25-15-21-10-5-6-11-22(21)17-28-16-19-8-3-2-4-9-19/h2-14,18,25H,15-17H2,1H3,(H2,24,26,27). The monoisotopic (exact) mass is 410 g/mol. The van der Waals surface area contributed by atoms with Crippen molar-refractivity contribution in [2.45, 2.75) is 37.6 Å². The number of nitrogens with two attached hydrogens (primary N) is 1. The predicted molar refractivity (Wildman–Crippen MR) is 114 cm³/mol. The van der Waals surface area contributed by atoms with Crippen molar-refractivity contribution in [2.75, 3.05) is 0 Å². The van der Waals surface area contributed by atoms with Gasteiger partial charge in [0, 0.05) is 12.6 Å². The molecule has 0 amide bonds. The van der Waals surface area contributed by atoms with E-state index in [4.69, 9.17) is 9.88 Å². The van der Waals surface area contributed by atoms with Crippen molar-refractivity contribution in [3.05, 3.63) is 101 Å². The average Bonchev–Trinajstić information content (AvgIpc) is 2.73. The Kier molecular flexibility index (Phi) is 7.17. The Hall–Kier alpha value is -2.51. The van der Waals surface area contributed by atoms with Crippen molar-refractivity contribution in [1.82, 2.24) is 5.32 Å². The highest BCUT2D eigenvalue weighted by Crippen LogP contribution is 2.18. The zero-order valence-corrected chi connectivity index (χ0v) is 17.2. The van der Waals surface area contributed by atoms with Gasteiger partial charge >= 0.3 is 0 Å². The smallest absolute Gasteiger partial charge is 0.238 e. The number of nitrogens with one attached hydrogen (secondary N) is 1. The Morgan fingerprint density at radius 2 is 1.59 bits per heavy atom. The molecule has 0 saturated heterocycles. The summed E-state index contributed by atoms with van der Waals surface area (Å²) in [6.45, 7) is 3.74. The van der Waals surface area contributed by atoms with Gasteiger partial charge in [-0.2, -0.15) is 0 Å². The lowest BCUT2D eigenvalue weighted by Crippen LogP contribution is -2.20. The summed E-state index contributed by atoms with van der Waals surface area (Å²) in [6, 6.07) is 24.9. The lowest BCUT2D eigenvalue weighted by atomic mass is 10.1. The van der Waals surface area contributed by atoms with Crippen LogP contribution in [0.3, 0.4) is 0 Å². The largest absolute Gasteiger partial charge is 0.372 e. The molecule has 3 aromatic rings. The number of benzene rings is 3. The van der Waals surface area contributed by atoms with Gasteiger partial charge in [-0.1, -0.05) is 66.7 Å².